The molecule has 0 bridgehead atoms. The van der Waals surface area contributed by atoms with Crippen molar-refractivity contribution in [2.45, 2.75) is 11.3 Å². The zero-order valence-electron chi connectivity index (χ0n) is 10.9. The lowest BCUT2D eigenvalue weighted by Crippen LogP contribution is -2.13. The number of rotatable bonds is 5. The summed E-state index contributed by atoms with van der Waals surface area (Å²) in [6, 6.07) is 11.2. The zero-order valence-corrected chi connectivity index (χ0v) is 14.0. The molecule has 0 fully saturated rings. The van der Waals surface area contributed by atoms with Crippen LogP contribution < -0.4 is 4.72 Å². The van der Waals surface area contributed by atoms with Crippen molar-refractivity contribution >= 4 is 43.2 Å². The molecule has 0 aliphatic heterocycles. The Kier molecular flexibility index (Phi) is 5.27. The number of hydrogen-bond donors (Lipinski definition) is 2. The Morgan fingerprint density at radius 1 is 1.14 bits per heavy atom. The maximum Gasteiger partial charge on any atom is 0.261 e. The summed E-state index contributed by atoms with van der Waals surface area (Å²) in [5.41, 5.74) is 1.25. The van der Waals surface area contributed by atoms with Crippen molar-refractivity contribution in [3.05, 3.63) is 57.5 Å². The number of sulfonamides is 1. The lowest BCUT2D eigenvalue weighted by molar-refractivity contribution is 0.299. The lowest BCUT2D eigenvalue weighted by atomic mass is 10.2. The van der Waals surface area contributed by atoms with Gasteiger partial charge in [0.15, 0.2) is 0 Å². The molecule has 4 nitrogen and oxygen atoms in total. The molecule has 2 N–H and O–H groups in total. The summed E-state index contributed by atoms with van der Waals surface area (Å²) >= 11 is 9.14. The minimum Gasteiger partial charge on any atom is -0.396 e. The molecule has 0 unspecified atom stereocenters. The van der Waals surface area contributed by atoms with Gasteiger partial charge in [-0.3, -0.25) is 4.72 Å². The normalized spacial score (nSPS) is 11.4. The van der Waals surface area contributed by atoms with Crippen molar-refractivity contribution < 1.29 is 13.5 Å². The molecule has 112 valence electrons. The number of nitrogens with one attached hydrogen (secondary N) is 1. The standard InChI is InChI=1S/C14H13BrClNO3S/c15-13-6-3-11(16)9-14(13)17-21(19,20)12-4-1-10(2-5-12)7-8-18/h1-6,9,17-18H,7-8H2. The van der Waals surface area contributed by atoms with Crippen LogP contribution in [0.25, 0.3) is 0 Å². The van der Waals surface area contributed by atoms with Crippen LogP contribution in [-0.2, 0) is 16.4 Å². The topological polar surface area (TPSA) is 66.4 Å². The van der Waals surface area contributed by atoms with E-state index in [9.17, 15) is 8.42 Å². The van der Waals surface area contributed by atoms with Crippen molar-refractivity contribution in [1.82, 2.24) is 0 Å². The Bertz CT molecular complexity index is 732. The van der Waals surface area contributed by atoms with E-state index in [1.54, 1.807) is 24.3 Å². The highest BCUT2D eigenvalue weighted by Gasteiger charge is 2.15. The molecule has 0 spiro atoms. The van der Waals surface area contributed by atoms with E-state index < -0.39 is 10.0 Å². The monoisotopic (exact) mass is 389 g/mol. The fourth-order valence-electron chi connectivity index (χ4n) is 1.74. The number of anilines is 1. The molecule has 2 aromatic carbocycles. The first-order valence-corrected chi connectivity index (χ1v) is 8.75. The quantitative estimate of drug-likeness (QED) is 0.822. The average molecular weight is 391 g/mol. The van der Waals surface area contributed by atoms with E-state index in [-0.39, 0.29) is 11.5 Å². The first-order valence-electron chi connectivity index (χ1n) is 6.10. The second kappa shape index (κ2) is 6.79. The van der Waals surface area contributed by atoms with Gasteiger partial charge in [-0.25, -0.2) is 8.42 Å². The van der Waals surface area contributed by atoms with Crippen molar-refractivity contribution in [2.75, 3.05) is 11.3 Å². The first kappa shape index (κ1) is 16.3. The molecule has 0 saturated carbocycles. The molecular weight excluding hydrogens is 378 g/mol. The van der Waals surface area contributed by atoms with Crippen molar-refractivity contribution in [1.29, 1.82) is 0 Å². The van der Waals surface area contributed by atoms with Crippen molar-refractivity contribution in [3.8, 4) is 0 Å². The number of aliphatic hydroxyl groups is 1. The van der Waals surface area contributed by atoms with Crippen LogP contribution in [-0.4, -0.2) is 20.1 Å². The molecule has 0 atom stereocenters. The number of aliphatic hydroxyl groups excluding tert-OH is 1. The second-order valence-electron chi connectivity index (χ2n) is 4.35. The van der Waals surface area contributed by atoms with Crippen LogP contribution in [0.4, 0.5) is 5.69 Å². The highest BCUT2D eigenvalue weighted by molar-refractivity contribution is 9.10. The minimum absolute atomic E-state index is 0.0276. The molecule has 2 rings (SSSR count). The van der Waals surface area contributed by atoms with Gasteiger partial charge in [0.2, 0.25) is 0 Å². The largest absolute Gasteiger partial charge is 0.396 e. The summed E-state index contributed by atoms with van der Waals surface area (Å²) in [7, 11) is -3.69. The van der Waals surface area contributed by atoms with Crippen LogP contribution in [0.3, 0.4) is 0 Å². The van der Waals surface area contributed by atoms with E-state index in [1.165, 1.54) is 18.2 Å². The molecule has 0 amide bonds. The molecule has 2 aromatic rings. The number of hydrogen-bond acceptors (Lipinski definition) is 3. The Labute approximate surface area is 136 Å². The van der Waals surface area contributed by atoms with Gasteiger partial charge in [0.1, 0.15) is 0 Å². The van der Waals surface area contributed by atoms with Gasteiger partial charge in [-0.05, 0) is 58.2 Å². The van der Waals surface area contributed by atoms with Crippen LogP contribution in [0.15, 0.2) is 51.8 Å². The molecule has 0 saturated heterocycles. The molecule has 0 aliphatic carbocycles. The van der Waals surface area contributed by atoms with Crippen LogP contribution >= 0.6 is 27.5 Å². The average Bonchev–Trinajstić information content (AvgIpc) is 2.44. The fraction of sp³-hybridized carbons (Fsp3) is 0.143. The molecule has 0 aromatic heterocycles. The van der Waals surface area contributed by atoms with Gasteiger partial charge in [0, 0.05) is 16.1 Å². The minimum atomic E-state index is -3.69. The van der Waals surface area contributed by atoms with Crippen LogP contribution in [0.5, 0.6) is 0 Å². The maximum atomic E-state index is 12.3. The van der Waals surface area contributed by atoms with E-state index >= 15 is 0 Å². The Hall–Kier alpha value is -1.08. The SMILES string of the molecule is O=S(=O)(Nc1cc(Cl)ccc1Br)c1ccc(CCO)cc1. The number of halogens is 2. The summed E-state index contributed by atoms with van der Waals surface area (Å²) in [4.78, 5) is 0.149. The lowest BCUT2D eigenvalue weighted by Gasteiger charge is -2.10. The van der Waals surface area contributed by atoms with Gasteiger partial charge in [0.05, 0.1) is 10.6 Å². The van der Waals surface area contributed by atoms with Gasteiger partial charge in [-0.2, -0.15) is 0 Å². The third-order valence-electron chi connectivity index (χ3n) is 2.81. The summed E-state index contributed by atoms with van der Waals surface area (Å²) in [6.07, 6.45) is 0.494. The molecule has 7 heteroatoms. The van der Waals surface area contributed by atoms with Gasteiger partial charge < -0.3 is 5.11 Å². The van der Waals surface area contributed by atoms with Crippen LogP contribution in [0.2, 0.25) is 5.02 Å². The summed E-state index contributed by atoms with van der Waals surface area (Å²) in [5, 5.41) is 9.29. The zero-order chi connectivity index (χ0) is 15.5. The highest BCUT2D eigenvalue weighted by atomic mass is 79.9. The second-order valence-corrected chi connectivity index (χ2v) is 7.32. The predicted molar refractivity (Wildman–Crippen MR) is 87.2 cm³/mol. The maximum absolute atomic E-state index is 12.3. The summed E-state index contributed by atoms with van der Waals surface area (Å²) < 4.78 is 27.7. The molecular formula is C14H13BrClNO3S. The van der Waals surface area contributed by atoms with Gasteiger partial charge >= 0.3 is 0 Å². The third kappa shape index (κ3) is 4.20. The van der Waals surface area contributed by atoms with E-state index in [0.29, 0.717) is 21.6 Å². The van der Waals surface area contributed by atoms with Gasteiger partial charge in [0.25, 0.3) is 10.0 Å². The number of benzene rings is 2. The van der Waals surface area contributed by atoms with Gasteiger partial charge in [-0.15, -0.1) is 0 Å². The Balaban J connectivity index is 2.27. The van der Waals surface area contributed by atoms with E-state index in [1.807, 2.05) is 0 Å². The molecule has 0 aliphatic rings. The van der Waals surface area contributed by atoms with Gasteiger partial charge in [-0.1, -0.05) is 23.7 Å². The molecule has 21 heavy (non-hydrogen) atoms. The Morgan fingerprint density at radius 3 is 2.43 bits per heavy atom. The van der Waals surface area contributed by atoms with E-state index in [0.717, 1.165) is 5.56 Å². The fourth-order valence-corrected chi connectivity index (χ4v) is 3.46. The summed E-state index contributed by atoms with van der Waals surface area (Å²) in [5.74, 6) is 0. The smallest absolute Gasteiger partial charge is 0.261 e. The molecule has 0 radical (unpaired) electrons. The summed E-state index contributed by atoms with van der Waals surface area (Å²) in [6.45, 7) is 0.0276. The van der Waals surface area contributed by atoms with Crippen LogP contribution in [0.1, 0.15) is 5.56 Å². The van der Waals surface area contributed by atoms with Crippen LogP contribution in [0, 0.1) is 0 Å². The van der Waals surface area contributed by atoms with Crippen molar-refractivity contribution in [3.63, 3.8) is 0 Å². The van der Waals surface area contributed by atoms with Crippen molar-refractivity contribution in [2.24, 2.45) is 0 Å². The highest BCUT2D eigenvalue weighted by Crippen LogP contribution is 2.28. The Morgan fingerprint density at radius 2 is 1.81 bits per heavy atom. The third-order valence-corrected chi connectivity index (χ3v) is 5.11. The predicted octanol–water partition coefficient (Wildman–Crippen LogP) is 3.44. The van der Waals surface area contributed by atoms with E-state index in [4.69, 9.17) is 16.7 Å². The van der Waals surface area contributed by atoms with E-state index in [2.05, 4.69) is 20.7 Å². The molecule has 0 heterocycles. The first-order chi connectivity index (χ1) is 9.92.